The van der Waals surface area contributed by atoms with Crippen LogP contribution in [0.4, 0.5) is 0 Å². The molecule has 0 aromatic rings. The second kappa shape index (κ2) is 8.57. The van der Waals surface area contributed by atoms with E-state index < -0.39 is 0 Å². The molecule has 0 saturated heterocycles. The van der Waals surface area contributed by atoms with E-state index in [9.17, 15) is 4.79 Å². The first-order valence-corrected chi connectivity index (χ1v) is 6.44. The molecular formula is C13H27NO2. The quantitative estimate of drug-likeness (QED) is 0.599. The van der Waals surface area contributed by atoms with E-state index in [-0.39, 0.29) is 12.1 Å². The first-order chi connectivity index (χ1) is 7.51. The SMILES string of the molecule is CCCCN(CC(=O)OC(C)C)C(C)CC. The Morgan fingerprint density at radius 3 is 2.31 bits per heavy atom. The summed E-state index contributed by atoms with van der Waals surface area (Å²) in [5.41, 5.74) is 0. The van der Waals surface area contributed by atoms with Crippen molar-refractivity contribution in [3.8, 4) is 0 Å². The van der Waals surface area contributed by atoms with Gasteiger partial charge in [0.25, 0.3) is 0 Å². The number of nitrogens with zero attached hydrogens (tertiary/aromatic N) is 1. The summed E-state index contributed by atoms with van der Waals surface area (Å²) in [7, 11) is 0. The maximum Gasteiger partial charge on any atom is 0.320 e. The first kappa shape index (κ1) is 15.4. The zero-order valence-electron chi connectivity index (χ0n) is 11.5. The topological polar surface area (TPSA) is 29.5 Å². The number of unbranched alkanes of at least 4 members (excludes halogenated alkanes) is 1. The van der Waals surface area contributed by atoms with Crippen LogP contribution < -0.4 is 0 Å². The van der Waals surface area contributed by atoms with Gasteiger partial charge in [-0.1, -0.05) is 20.3 Å². The largest absolute Gasteiger partial charge is 0.462 e. The third-order valence-corrected chi connectivity index (χ3v) is 2.71. The van der Waals surface area contributed by atoms with Crippen LogP contribution in [-0.4, -0.2) is 36.1 Å². The lowest BCUT2D eigenvalue weighted by Gasteiger charge is -2.27. The Balaban J connectivity index is 4.13. The highest BCUT2D eigenvalue weighted by atomic mass is 16.5. The van der Waals surface area contributed by atoms with Crippen LogP contribution >= 0.6 is 0 Å². The molecule has 0 aromatic carbocycles. The van der Waals surface area contributed by atoms with Gasteiger partial charge < -0.3 is 4.74 Å². The fraction of sp³-hybridized carbons (Fsp3) is 0.923. The molecule has 16 heavy (non-hydrogen) atoms. The van der Waals surface area contributed by atoms with Crippen molar-refractivity contribution in [1.29, 1.82) is 0 Å². The second-order valence-electron chi connectivity index (χ2n) is 4.62. The average Bonchev–Trinajstić information content (AvgIpc) is 2.21. The molecule has 0 N–H and O–H groups in total. The molecule has 0 radical (unpaired) electrons. The third kappa shape index (κ3) is 6.83. The lowest BCUT2D eigenvalue weighted by atomic mass is 10.2. The van der Waals surface area contributed by atoms with Gasteiger partial charge in [-0.3, -0.25) is 9.69 Å². The highest BCUT2D eigenvalue weighted by Gasteiger charge is 2.16. The molecule has 0 bridgehead atoms. The molecule has 0 fully saturated rings. The van der Waals surface area contributed by atoms with Gasteiger partial charge in [-0.05, 0) is 40.2 Å². The van der Waals surface area contributed by atoms with E-state index in [1.165, 1.54) is 0 Å². The van der Waals surface area contributed by atoms with Gasteiger partial charge in [-0.25, -0.2) is 0 Å². The summed E-state index contributed by atoms with van der Waals surface area (Å²) < 4.78 is 5.17. The van der Waals surface area contributed by atoms with E-state index >= 15 is 0 Å². The molecule has 3 nitrogen and oxygen atoms in total. The number of hydrogen-bond acceptors (Lipinski definition) is 3. The van der Waals surface area contributed by atoms with Crippen molar-refractivity contribution in [3.05, 3.63) is 0 Å². The zero-order chi connectivity index (χ0) is 12.6. The number of carbonyl (C=O) groups excluding carboxylic acids is 1. The van der Waals surface area contributed by atoms with Gasteiger partial charge in [0.15, 0.2) is 0 Å². The molecule has 0 saturated carbocycles. The van der Waals surface area contributed by atoms with Crippen LogP contribution in [0.5, 0.6) is 0 Å². The number of ether oxygens (including phenoxy) is 1. The number of hydrogen-bond donors (Lipinski definition) is 0. The zero-order valence-corrected chi connectivity index (χ0v) is 11.5. The van der Waals surface area contributed by atoms with Crippen LogP contribution in [0, 0.1) is 0 Å². The molecule has 0 aromatic heterocycles. The van der Waals surface area contributed by atoms with Crippen LogP contribution in [0.25, 0.3) is 0 Å². The maximum atomic E-state index is 11.6. The Hall–Kier alpha value is -0.570. The van der Waals surface area contributed by atoms with Crippen molar-refractivity contribution in [2.45, 2.75) is 66.0 Å². The smallest absolute Gasteiger partial charge is 0.320 e. The monoisotopic (exact) mass is 229 g/mol. The van der Waals surface area contributed by atoms with Gasteiger partial charge in [-0.2, -0.15) is 0 Å². The summed E-state index contributed by atoms with van der Waals surface area (Å²) in [6, 6.07) is 0.450. The van der Waals surface area contributed by atoms with Crippen molar-refractivity contribution < 1.29 is 9.53 Å². The van der Waals surface area contributed by atoms with Gasteiger partial charge in [0, 0.05) is 6.04 Å². The summed E-state index contributed by atoms with van der Waals surface area (Å²) in [4.78, 5) is 13.8. The molecular weight excluding hydrogens is 202 g/mol. The summed E-state index contributed by atoms with van der Waals surface area (Å²) >= 11 is 0. The Bertz CT molecular complexity index is 192. The predicted octanol–water partition coefficient (Wildman–Crippen LogP) is 2.84. The Morgan fingerprint density at radius 2 is 1.88 bits per heavy atom. The number of rotatable bonds is 8. The van der Waals surface area contributed by atoms with E-state index in [1.54, 1.807) is 0 Å². The predicted molar refractivity (Wildman–Crippen MR) is 67.5 cm³/mol. The molecule has 1 atom stereocenters. The van der Waals surface area contributed by atoms with Crippen molar-refractivity contribution in [1.82, 2.24) is 4.90 Å². The minimum Gasteiger partial charge on any atom is -0.462 e. The van der Waals surface area contributed by atoms with Crippen molar-refractivity contribution in [3.63, 3.8) is 0 Å². The first-order valence-electron chi connectivity index (χ1n) is 6.44. The molecule has 0 aliphatic rings. The molecule has 0 aliphatic carbocycles. The highest BCUT2D eigenvalue weighted by Crippen LogP contribution is 2.06. The van der Waals surface area contributed by atoms with Crippen LogP contribution in [0.2, 0.25) is 0 Å². The van der Waals surface area contributed by atoms with E-state index in [1.807, 2.05) is 13.8 Å². The normalized spacial score (nSPS) is 13.2. The fourth-order valence-electron chi connectivity index (χ4n) is 1.54. The molecule has 0 rings (SSSR count). The summed E-state index contributed by atoms with van der Waals surface area (Å²) in [6.45, 7) is 11.7. The molecule has 0 aliphatic heterocycles. The Kier molecular flexibility index (Phi) is 8.26. The fourth-order valence-corrected chi connectivity index (χ4v) is 1.54. The highest BCUT2D eigenvalue weighted by molar-refractivity contribution is 5.71. The molecule has 0 amide bonds. The molecule has 3 heteroatoms. The van der Waals surface area contributed by atoms with Gasteiger partial charge in [0.1, 0.15) is 0 Å². The van der Waals surface area contributed by atoms with Gasteiger partial charge >= 0.3 is 5.97 Å². The maximum absolute atomic E-state index is 11.6. The van der Waals surface area contributed by atoms with Gasteiger partial charge in [0.2, 0.25) is 0 Å². The summed E-state index contributed by atoms with van der Waals surface area (Å²) in [5.74, 6) is -0.105. The number of esters is 1. The van der Waals surface area contributed by atoms with Gasteiger partial charge in [0.05, 0.1) is 12.6 Å². The van der Waals surface area contributed by atoms with E-state index in [4.69, 9.17) is 4.74 Å². The standard InChI is InChI=1S/C13H27NO2/c1-6-8-9-14(12(5)7-2)10-13(15)16-11(3)4/h11-12H,6-10H2,1-5H3. The minimum absolute atomic E-state index is 0.0162. The van der Waals surface area contributed by atoms with Crippen LogP contribution in [0.15, 0.2) is 0 Å². The summed E-state index contributed by atoms with van der Waals surface area (Å²) in [6.07, 6.45) is 3.35. The van der Waals surface area contributed by atoms with Crippen molar-refractivity contribution in [2.75, 3.05) is 13.1 Å². The molecule has 0 spiro atoms. The van der Waals surface area contributed by atoms with E-state index in [2.05, 4.69) is 25.7 Å². The average molecular weight is 229 g/mol. The molecule has 0 heterocycles. The lowest BCUT2D eigenvalue weighted by Crippen LogP contribution is -2.39. The van der Waals surface area contributed by atoms with Crippen LogP contribution in [-0.2, 0) is 9.53 Å². The van der Waals surface area contributed by atoms with Crippen molar-refractivity contribution >= 4 is 5.97 Å². The summed E-state index contributed by atoms with van der Waals surface area (Å²) in [5, 5.41) is 0. The van der Waals surface area contributed by atoms with Crippen LogP contribution in [0.3, 0.4) is 0 Å². The second-order valence-corrected chi connectivity index (χ2v) is 4.62. The molecule has 1 unspecified atom stereocenters. The number of carbonyl (C=O) groups is 1. The van der Waals surface area contributed by atoms with Gasteiger partial charge in [-0.15, -0.1) is 0 Å². The molecule has 96 valence electrons. The van der Waals surface area contributed by atoms with E-state index in [0.29, 0.717) is 12.6 Å². The Labute approximate surface area is 100 Å². The van der Waals surface area contributed by atoms with Crippen LogP contribution in [0.1, 0.15) is 53.9 Å². The minimum atomic E-state index is -0.105. The third-order valence-electron chi connectivity index (χ3n) is 2.71. The Morgan fingerprint density at radius 1 is 1.25 bits per heavy atom. The van der Waals surface area contributed by atoms with E-state index in [0.717, 1.165) is 25.8 Å². The van der Waals surface area contributed by atoms with Crippen molar-refractivity contribution in [2.24, 2.45) is 0 Å². The lowest BCUT2D eigenvalue weighted by molar-refractivity contribution is -0.149.